The first-order valence-corrected chi connectivity index (χ1v) is 4.82. The summed E-state index contributed by atoms with van der Waals surface area (Å²) in [6.07, 6.45) is 3.22. The van der Waals surface area contributed by atoms with E-state index in [4.69, 9.17) is 4.74 Å². The second-order valence-electron chi connectivity index (χ2n) is 2.78. The van der Waals surface area contributed by atoms with Crippen LogP contribution < -0.4 is 0 Å². The monoisotopic (exact) mass is 160 g/mol. The van der Waals surface area contributed by atoms with Gasteiger partial charge in [0.2, 0.25) is 0 Å². The van der Waals surface area contributed by atoms with Gasteiger partial charge in [-0.05, 0) is 27.2 Å². The summed E-state index contributed by atoms with van der Waals surface area (Å²) in [5.41, 5.74) is 0. The van der Waals surface area contributed by atoms with Crippen LogP contribution in [-0.4, -0.2) is 12.2 Å². The Morgan fingerprint density at radius 2 is 1.55 bits per heavy atom. The Morgan fingerprint density at radius 1 is 1.09 bits per heavy atom. The Labute approximate surface area is 72.1 Å². The van der Waals surface area contributed by atoms with Crippen LogP contribution in [0.15, 0.2) is 0 Å². The molecule has 0 N–H and O–H groups in total. The van der Waals surface area contributed by atoms with Crippen LogP contribution in [0.2, 0.25) is 0 Å². The van der Waals surface area contributed by atoms with Gasteiger partial charge in [-0.1, -0.05) is 27.2 Å². The van der Waals surface area contributed by atoms with Crippen LogP contribution in [0.4, 0.5) is 0 Å². The Balaban J connectivity index is 0. The van der Waals surface area contributed by atoms with E-state index in [1.165, 1.54) is 12.8 Å². The van der Waals surface area contributed by atoms with Crippen molar-refractivity contribution in [1.29, 1.82) is 0 Å². The molecule has 0 saturated heterocycles. The molecule has 1 heteroatoms. The van der Waals surface area contributed by atoms with Gasteiger partial charge in [-0.3, -0.25) is 0 Å². The molecule has 1 unspecified atom stereocenters. The fourth-order valence-electron chi connectivity index (χ4n) is 0.939. The van der Waals surface area contributed by atoms with Crippen LogP contribution in [0.5, 0.6) is 0 Å². The first kappa shape index (κ1) is 13.5. The number of hydrogen-bond donors (Lipinski definition) is 0. The van der Waals surface area contributed by atoms with Crippen molar-refractivity contribution in [3.63, 3.8) is 0 Å². The van der Waals surface area contributed by atoms with E-state index in [1.54, 1.807) is 0 Å². The minimum atomic E-state index is 0.381. The van der Waals surface area contributed by atoms with Crippen molar-refractivity contribution in [2.45, 2.75) is 66.6 Å². The summed E-state index contributed by atoms with van der Waals surface area (Å²) in [4.78, 5) is 0. The molecular formula is C10H24O. The molecule has 0 bridgehead atoms. The molecule has 0 saturated carbocycles. The van der Waals surface area contributed by atoms with Crippen LogP contribution in [0, 0.1) is 0 Å². The zero-order valence-corrected chi connectivity index (χ0v) is 8.98. The topological polar surface area (TPSA) is 9.23 Å². The van der Waals surface area contributed by atoms with Gasteiger partial charge >= 0.3 is 0 Å². The van der Waals surface area contributed by atoms with Gasteiger partial charge in [0, 0.05) is 0 Å². The Bertz CT molecular complexity index is 59.9. The van der Waals surface area contributed by atoms with E-state index in [0.29, 0.717) is 12.2 Å². The summed E-state index contributed by atoms with van der Waals surface area (Å²) in [5.74, 6) is 0. The molecule has 1 nitrogen and oxygen atoms in total. The molecule has 0 aliphatic rings. The molecule has 0 fully saturated rings. The van der Waals surface area contributed by atoms with Crippen LogP contribution >= 0.6 is 0 Å². The Hall–Kier alpha value is -0.0400. The van der Waals surface area contributed by atoms with Gasteiger partial charge in [0.05, 0.1) is 12.2 Å². The van der Waals surface area contributed by atoms with E-state index < -0.39 is 0 Å². The largest absolute Gasteiger partial charge is 0.376 e. The van der Waals surface area contributed by atoms with Crippen molar-refractivity contribution in [3.8, 4) is 0 Å². The highest BCUT2D eigenvalue weighted by Gasteiger charge is 2.01. The standard InChI is InChI=1S/C8H18O.C2H6/c1-5-6-8(4)9-7(2)3;1-2/h7-8H,5-6H2,1-4H3;1-2H3. The van der Waals surface area contributed by atoms with Crippen molar-refractivity contribution < 1.29 is 4.74 Å². The highest BCUT2D eigenvalue weighted by Crippen LogP contribution is 2.03. The highest BCUT2D eigenvalue weighted by atomic mass is 16.5. The minimum Gasteiger partial charge on any atom is -0.376 e. The summed E-state index contributed by atoms with van der Waals surface area (Å²) in [7, 11) is 0. The van der Waals surface area contributed by atoms with Crippen LogP contribution in [0.3, 0.4) is 0 Å². The molecule has 0 aliphatic heterocycles. The predicted octanol–water partition coefficient (Wildman–Crippen LogP) is 3.63. The molecule has 0 rings (SSSR count). The predicted molar refractivity (Wildman–Crippen MR) is 51.9 cm³/mol. The lowest BCUT2D eigenvalue weighted by molar-refractivity contribution is 0.0141. The molecule has 0 heterocycles. The maximum Gasteiger partial charge on any atom is 0.0550 e. The smallest absolute Gasteiger partial charge is 0.0550 e. The van der Waals surface area contributed by atoms with Gasteiger partial charge in [-0.15, -0.1) is 0 Å². The molecular weight excluding hydrogens is 136 g/mol. The summed E-state index contributed by atoms with van der Waals surface area (Å²) < 4.78 is 5.49. The van der Waals surface area contributed by atoms with Crippen LogP contribution in [0.1, 0.15) is 54.4 Å². The van der Waals surface area contributed by atoms with Gasteiger partial charge in [-0.2, -0.15) is 0 Å². The average molecular weight is 160 g/mol. The third-order valence-electron chi connectivity index (χ3n) is 1.20. The SMILES string of the molecule is CC.CCCC(C)OC(C)C. The maximum absolute atomic E-state index is 5.49. The lowest BCUT2D eigenvalue weighted by atomic mass is 10.2. The molecule has 0 radical (unpaired) electrons. The van der Waals surface area contributed by atoms with E-state index in [9.17, 15) is 0 Å². The van der Waals surface area contributed by atoms with Crippen molar-refractivity contribution in [1.82, 2.24) is 0 Å². The average Bonchev–Trinajstić information content (AvgIpc) is 1.91. The van der Waals surface area contributed by atoms with Gasteiger partial charge in [0.15, 0.2) is 0 Å². The lowest BCUT2D eigenvalue weighted by Gasteiger charge is -2.14. The van der Waals surface area contributed by atoms with Gasteiger partial charge in [0.25, 0.3) is 0 Å². The zero-order valence-electron chi connectivity index (χ0n) is 8.98. The number of hydrogen-bond acceptors (Lipinski definition) is 1. The van der Waals surface area contributed by atoms with E-state index in [2.05, 4.69) is 27.7 Å². The third-order valence-corrected chi connectivity index (χ3v) is 1.20. The fraction of sp³-hybridized carbons (Fsp3) is 1.00. The number of rotatable bonds is 4. The molecule has 1 atom stereocenters. The van der Waals surface area contributed by atoms with Gasteiger partial charge < -0.3 is 4.74 Å². The van der Waals surface area contributed by atoms with Gasteiger partial charge in [0.1, 0.15) is 0 Å². The van der Waals surface area contributed by atoms with Gasteiger partial charge in [-0.25, -0.2) is 0 Å². The normalized spacial score (nSPS) is 12.3. The van der Waals surface area contributed by atoms with Crippen molar-refractivity contribution in [2.75, 3.05) is 0 Å². The minimum absolute atomic E-state index is 0.381. The molecule has 0 aromatic rings. The first-order valence-electron chi connectivity index (χ1n) is 4.82. The zero-order chi connectivity index (χ0) is 9.28. The third kappa shape index (κ3) is 13.0. The maximum atomic E-state index is 5.49. The van der Waals surface area contributed by atoms with Crippen LogP contribution in [0.25, 0.3) is 0 Å². The Kier molecular flexibility index (Phi) is 12.3. The summed E-state index contributed by atoms with van der Waals surface area (Å²) >= 11 is 0. The molecule has 0 aromatic heterocycles. The van der Waals surface area contributed by atoms with Crippen molar-refractivity contribution in [2.24, 2.45) is 0 Å². The van der Waals surface area contributed by atoms with Crippen molar-refractivity contribution >= 4 is 0 Å². The van der Waals surface area contributed by atoms with E-state index in [1.807, 2.05) is 13.8 Å². The summed E-state index contributed by atoms with van der Waals surface area (Å²) in [6, 6.07) is 0. The van der Waals surface area contributed by atoms with E-state index in [0.717, 1.165) is 0 Å². The lowest BCUT2D eigenvalue weighted by Crippen LogP contribution is -2.13. The second kappa shape index (κ2) is 9.96. The van der Waals surface area contributed by atoms with Crippen molar-refractivity contribution in [3.05, 3.63) is 0 Å². The quantitative estimate of drug-likeness (QED) is 0.610. The summed E-state index contributed by atoms with van der Waals surface area (Å²) in [6.45, 7) is 12.5. The van der Waals surface area contributed by atoms with E-state index >= 15 is 0 Å². The second-order valence-corrected chi connectivity index (χ2v) is 2.78. The highest BCUT2D eigenvalue weighted by molar-refractivity contribution is 4.49. The Morgan fingerprint density at radius 3 is 1.82 bits per heavy atom. The summed E-state index contributed by atoms with van der Waals surface area (Å²) in [5, 5.41) is 0. The van der Waals surface area contributed by atoms with E-state index in [-0.39, 0.29) is 0 Å². The molecule has 0 aliphatic carbocycles. The number of ether oxygens (including phenoxy) is 1. The molecule has 70 valence electrons. The molecule has 0 aromatic carbocycles. The molecule has 0 spiro atoms. The molecule has 11 heavy (non-hydrogen) atoms. The first-order chi connectivity index (χ1) is 5.16. The molecule has 0 amide bonds. The van der Waals surface area contributed by atoms with Crippen LogP contribution in [-0.2, 0) is 4.74 Å². The fourth-order valence-corrected chi connectivity index (χ4v) is 0.939.